The Bertz CT molecular complexity index is 831. The number of ether oxygens (including phenoxy) is 1. The summed E-state index contributed by atoms with van der Waals surface area (Å²) < 4.78 is 11.5. The molecule has 1 aliphatic rings. The van der Waals surface area contributed by atoms with Crippen LogP contribution >= 0.6 is 11.6 Å². The average molecular weight is 343 g/mol. The van der Waals surface area contributed by atoms with Gasteiger partial charge in [-0.3, -0.25) is 4.98 Å². The van der Waals surface area contributed by atoms with E-state index in [1.165, 1.54) is 0 Å². The van der Waals surface area contributed by atoms with Gasteiger partial charge in [-0.1, -0.05) is 29.8 Å². The van der Waals surface area contributed by atoms with E-state index in [0.717, 1.165) is 18.4 Å². The summed E-state index contributed by atoms with van der Waals surface area (Å²) in [6.07, 6.45) is 6.27. The number of benzene rings is 1. The van der Waals surface area contributed by atoms with Crippen LogP contribution in [0.3, 0.4) is 0 Å². The summed E-state index contributed by atoms with van der Waals surface area (Å²) >= 11 is 6.47. The van der Waals surface area contributed by atoms with Crippen LogP contribution in [0.25, 0.3) is 11.6 Å². The molecule has 4 rings (SSSR count). The van der Waals surface area contributed by atoms with Crippen molar-refractivity contribution in [1.29, 1.82) is 0 Å². The molecule has 2 aromatic heterocycles. The SMILES string of the molecule is Clc1ccccc1C1(c2nnc(-c3cnccn3)o2)CCOCC1. The van der Waals surface area contributed by atoms with Crippen molar-refractivity contribution < 1.29 is 9.15 Å². The molecule has 0 spiro atoms. The molecule has 6 nitrogen and oxygen atoms in total. The van der Waals surface area contributed by atoms with Crippen molar-refractivity contribution in [3.05, 3.63) is 59.3 Å². The highest BCUT2D eigenvalue weighted by Crippen LogP contribution is 2.43. The van der Waals surface area contributed by atoms with Gasteiger partial charge in [0.2, 0.25) is 5.89 Å². The second-order valence-corrected chi connectivity index (χ2v) is 6.08. The summed E-state index contributed by atoms with van der Waals surface area (Å²) in [5, 5.41) is 9.16. The van der Waals surface area contributed by atoms with E-state index in [2.05, 4.69) is 20.2 Å². The first-order valence-corrected chi connectivity index (χ1v) is 8.10. The lowest BCUT2D eigenvalue weighted by atomic mass is 9.74. The number of hydrogen-bond acceptors (Lipinski definition) is 6. The summed E-state index contributed by atoms with van der Waals surface area (Å²) in [5.74, 6) is 0.899. The molecule has 1 saturated heterocycles. The van der Waals surface area contributed by atoms with Gasteiger partial charge in [-0.15, -0.1) is 10.2 Å². The topological polar surface area (TPSA) is 73.9 Å². The minimum atomic E-state index is -0.440. The molecular formula is C17H15ClN4O2. The lowest BCUT2D eigenvalue weighted by Gasteiger charge is -2.35. The minimum absolute atomic E-state index is 0.357. The first kappa shape index (κ1) is 15.2. The highest BCUT2D eigenvalue weighted by Gasteiger charge is 2.42. The van der Waals surface area contributed by atoms with Crippen LogP contribution in [-0.4, -0.2) is 33.4 Å². The van der Waals surface area contributed by atoms with Crippen LogP contribution < -0.4 is 0 Å². The Kier molecular flexibility index (Phi) is 4.00. The van der Waals surface area contributed by atoms with Gasteiger partial charge in [-0.2, -0.15) is 0 Å². The first-order valence-electron chi connectivity index (χ1n) is 7.73. The van der Waals surface area contributed by atoms with E-state index in [9.17, 15) is 0 Å². The Morgan fingerprint density at radius 3 is 2.62 bits per heavy atom. The standard InChI is InChI=1S/C17H15ClN4O2/c18-13-4-2-1-3-12(13)17(5-9-23-10-6-17)16-22-21-15(24-16)14-11-19-7-8-20-14/h1-4,7-8,11H,5-6,9-10H2. The smallest absolute Gasteiger partial charge is 0.267 e. The highest BCUT2D eigenvalue weighted by atomic mass is 35.5. The van der Waals surface area contributed by atoms with Gasteiger partial charge in [-0.05, 0) is 24.5 Å². The summed E-state index contributed by atoms with van der Waals surface area (Å²) in [6, 6.07) is 7.78. The Hall–Kier alpha value is -2.31. The van der Waals surface area contributed by atoms with Gasteiger partial charge >= 0.3 is 0 Å². The van der Waals surface area contributed by atoms with Gasteiger partial charge in [-0.25, -0.2) is 4.98 Å². The second kappa shape index (κ2) is 6.30. The van der Waals surface area contributed by atoms with E-state index >= 15 is 0 Å². The van der Waals surface area contributed by atoms with Gasteiger partial charge in [0.25, 0.3) is 5.89 Å². The summed E-state index contributed by atoms with van der Waals surface area (Å²) in [5.41, 5.74) is 1.10. The highest BCUT2D eigenvalue weighted by molar-refractivity contribution is 6.31. The molecule has 1 fully saturated rings. The van der Waals surface area contributed by atoms with Crippen molar-refractivity contribution in [2.45, 2.75) is 18.3 Å². The lowest BCUT2D eigenvalue weighted by molar-refractivity contribution is 0.0546. The van der Waals surface area contributed by atoms with E-state index < -0.39 is 5.41 Å². The molecule has 7 heteroatoms. The third kappa shape index (κ3) is 2.57. The molecule has 1 aliphatic heterocycles. The van der Waals surface area contributed by atoms with Crippen LogP contribution in [-0.2, 0) is 10.2 Å². The predicted molar refractivity (Wildman–Crippen MR) is 87.6 cm³/mol. The number of aromatic nitrogens is 4. The lowest BCUT2D eigenvalue weighted by Crippen LogP contribution is -2.35. The molecular weight excluding hydrogens is 328 g/mol. The van der Waals surface area contributed by atoms with Gasteiger partial charge in [0.15, 0.2) is 0 Å². The van der Waals surface area contributed by atoms with E-state index in [-0.39, 0.29) is 0 Å². The largest absolute Gasteiger partial charge is 0.418 e. The quantitative estimate of drug-likeness (QED) is 0.727. The zero-order valence-electron chi connectivity index (χ0n) is 12.9. The summed E-state index contributed by atoms with van der Waals surface area (Å²) in [6.45, 7) is 1.24. The molecule has 0 atom stereocenters. The Labute approximate surface area is 143 Å². The van der Waals surface area contributed by atoms with Crippen molar-refractivity contribution >= 4 is 11.6 Å². The average Bonchev–Trinajstić information content (AvgIpc) is 3.14. The Morgan fingerprint density at radius 2 is 1.88 bits per heavy atom. The molecule has 1 aromatic carbocycles. The molecule has 24 heavy (non-hydrogen) atoms. The van der Waals surface area contributed by atoms with Crippen LogP contribution in [0.5, 0.6) is 0 Å². The maximum absolute atomic E-state index is 6.47. The maximum Gasteiger partial charge on any atom is 0.267 e. The van der Waals surface area contributed by atoms with Gasteiger partial charge < -0.3 is 9.15 Å². The Balaban J connectivity index is 1.81. The van der Waals surface area contributed by atoms with E-state index in [0.29, 0.717) is 35.7 Å². The molecule has 0 radical (unpaired) electrons. The molecule has 0 saturated carbocycles. The molecule has 0 N–H and O–H groups in total. The third-order valence-electron chi connectivity index (χ3n) is 4.35. The molecule has 0 aliphatic carbocycles. The molecule has 122 valence electrons. The van der Waals surface area contributed by atoms with Crippen LogP contribution in [0.2, 0.25) is 5.02 Å². The number of hydrogen-bond donors (Lipinski definition) is 0. The van der Waals surface area contributed by atoms with Crippen molar-refractivity contribution in [3.63, 3.8) is 0 Å². The van der Waals surface area contributed by atoms with E-state index in [4.69, 9.17) is 20.8 Å². The Morgan fingerprint density at radius 1 is 1.04 bits per heavy atom. The summed E-state index contributed by atoms with van der Waals surface area (Å²) in [4.78, 5) is 8.25. The fourth-order valence-electron chi connectivity index (χ4n) is 3.10. The third-order valence-corrected chi connectivity index (χ3v) is 4.68. The normalized spacial score (nSPS) is 16.9. The first-order chi connectivity index (χ1) is 11.8. The van der Waals surface area contributed by atoms with Gasteiger partial charge in [0.1, 0.15) is 5.69 Å². The zero-order chi connectivity index (χ0) is 16.4. The molecule has 3 aromatic rings. The monoisotopic (exact) mass is 342 g/mol. The number of nitrogens with zero attached hydrogens (tertiary/aromatic N) is 4. The maximum atomic E-state index is 6.47. The predicted octanol–water partition coefficient (Wildman–Crippen LogP) is 3.28. The van der Waals surface area contributed by atoms with Crippen LogP contribution in [0, 0.1) is 0 Å². The number of rotatable bonds is 3. The fourth-order valence-corrected chi connectivity index (χ4v) is 3.41. The van der Waals surface area contributed by atoms with Gasteiger partial charge in [0, 0.05) is 30.6 Å². The summed E-state index contributed by atoms with van der Waals surface area (Å²) in [7, 11) is 0. The van der Waals surface area contributed by atoms with Crippen LogP contribution in [0.4, 0.5) is 0 Å². The van der Waals surface area contributed by atoms with E-state index in [1.807, 2.05) is 24.3 Å². The van der Waals surface area contributed by atoms with Gasteiger partial charge in [0.05, 0.1) is 11.6 Å². The van der Waals surface area contributed by atoms with E-state index in [1.54, 1.807) is 18.6 Å². The fraction of sp³-hybridized carbons (Fsp3) is 0.294. The van der Waals surface area contributed by atoms with Crippen LogP contribution in [0.15, 0.2) is 47.3 Å². The second-order valence-electron chi connectivity index (χ2n) is 5.68. The van der Waals surface area contributed by atoms with Crippen molar-refractivity contribution in [3.8, 4) is 11.6 Å². The van der Waals surface area contributed by atoms with Crippen LogP contribution in [0.1, 0.15) is 24.3 Å². The van der Waals surface area contributed by atoms with Crippen molar-refractivity contribution in [1.82, 2.24) is 20.2 Å². The minimum Gasteiger partial charge on any atom is -0.418 e. The van der Waals surface area contributed by atoms with Crippen molar-refractivity contribution in [2.24, 2.45) is 0 Å². The zero-order valence-corrected chi connectivity index (χ0v) is 13.6. The van der Waals surface area contributed by atoms with Crippen molar-refractivity contribution in [2.75, 3.05) is 13.2 Å². The molecule has 0 amide bonds. The molecule has 3 heterocycles. The number of halogens is 1. The molecule has 0 bridgehead atoms. The molecule has 0 unspecified atom stereocenters.